The highest BCUT2D eigenvalue weighted by Crippen LogP contribution is 2.31. The van der Waals surface area contributed by atoms with Crippen LogP contribution in [0.4, 0.5) is 13.2 Å². The van der Waals surface area contributed by atoms with E-state index >= 15 is 0 Å². The first-order valence-corrected chi connectivity index (χ1v) is 8.88. The maximum atomic E-state index is 12.6. The topological polar surface area (TPSA) is 77.5 Å². The lowest BCUT2D eigenvalue weighted by Gasteiger charge is -2.19. The Kier molecular flexibility index (Phi) is 4.73. The van der Waals surface area contributed by atoms with Crippen LogP contribution >= 0.6 is 0 Å². The Bertz CT molecular complexity index is 1190. The summed E-state index contributed by atoms with van der Waals surface area (Å²) in [4.78, 5) is 10.9. The predicted octanol–water partition coefficient (Wildman–Crippen LogP) is 4.13. The van der Waals surface area contributed by atoms with Crippen molar-refractivity contribution in [2.45, 2.75) is 12.7 Å². The first kappa shape index (κ1) is 19.6. The van der Waals surface area contributed by atoms with Crippen LogP contribution in [0.15, 0.2) is 60.8 Å². The molecule has 0 spiro atoms. The molecule has 1 aliphatic rings. The summed E-state index contributed by atoms with van der Waals surface area (Å²) in [6.07, 6.45) is -1.19. The molecule has 1 aliphatic heterocycles. The molecule has 3 aromatic rings. The Morgan fingerprint density at radius 2 is 1.87 bits per heavy atom. The van der Waals surface area contributed by atoms with Gasteiger partial charge in [0.2, 0.25) is 11.4 Å². The van der Waals surface area contributed by atoms with E-state index in [1.807, 2.05) is 0 Å². The maximum absolute atomic E-state index is 12.6. The largest absolute Gasteiger partial charge is 0.618 e. The quantitative estimate of drug-likeness (QED) is 0.484. The van der Waals surface area contributed by atoms with E-state index in [0.29, 0.717) is 21.8 Å². The lowest BCUT2D eigenvalue weighted by Crippen LogP contribution is -2.28. The van der Waals surface area contributed by atoms with Crippen molar-refractivity contribution >= 4 is 28.3 Å². The molecule has 1 N–H and O–H groups in total. The van der Waals surface area contributed by atoms with E-state index in [9.17, 15) is 23.2 Å². The molecule has 4 rings (SSSR count). The molecule has 0 radical (unpaired) electrons. The normalized spacial score (nSPS) is 13.9. The van der Waals surface area contributed by atoms with E-state index < -0.39 is 17.7 Å². The number of halogens is 3. The fourth-order valence-electron chi connectivity index (χ4n) is 3.20. The lowest BCUT2D eigenvalue weighted by atomic mass is 10.0. The van der Waals surface area contributed by atoms with Gasteiger partial charge in [-0.3, -0.25) is 4.79 Å². The summed E-state index contributed by atoms with van der Waals surface area (Å²) in [7, 11) is 0. The number of aliphatic carboxylic acids is 1. The average molecular weight is 416 g/mol. The SMILES string of the molecule is O=C(O)Cn1ccc2cc(OCC3=[N+]([O-])C(c4ccc(C(F)(F)F)cc4)=C3)ccc21. The van der Waals surface area contributed by atoms with Crippen LogP contribution in [0.5, 0.6) is 5.75 Å². The Balaban J connectivity index is 1.41. The number of carboxylic acid groups (broad SMARTS) is 1. The van der Waals surface area contributed by atoms with Crippen molar-refractivity contribution in [3.63, 3.8) is 0 Å². The summed E-state index contributed by atoms with van der Waals surface area (Å²) in [6, 6.07) is 11.3. The molecule has 0 saturated heterocycles. The molecule has 0 bridgehead atoms. The summed E-state index contributed by atoms with van der Waals surface area (Å²) in [5.74, 6) is -0.437. The van der Waals surface area contributed by atoms with Gasteiger partial charge in [-0.1, -0.05) is 0 Å². The van der Waals surface area contributed by atoms with Gasteiger partial charge in [0.1, 0.15) is 12.3 Å². The zero-order chi connectivity index (χ0) is 21.5. The summed E-state index contributed by atoms with van der Waals surface area (Å²) in [5.41, 5.74) is 0.972. The van der Waals surface area contributed by atoms with E-state index in [-0.39, 0.29) is 18.8 Å². The smallest absolute Gasteiger partial charge is 0.416 e. The van der Waals surface area contributed by atoms with Crippen molar-refractivity contribution in [1.82, 2.24) is 4.57 Å². The molecule has 1 aromatic heterocycles. The number of ether oxygens (including phenoxy) is 1. The number of hydrogen-bond donors (Lipinski definition) is 1. The van der Waals surface area contributed by atoms with E-state index in [2.05, 4.69) is 0 Å². The Labute approximate surface area is 168 Å². The third kappa shape index (κ3) is 3.73. The third-order valence-corrected chi connectivity index (χ3v) is 4.73. The monoisotopic (exact) mass is 416 g/mol. The minimum Gasteiger partial charge on any atom is -0.618 e. The highest BCUT2D eigenvalue weighted by Gasteiger charge is 2.32. The molecule has 30 heavy (non-hydrogen) atoms. The molecular formula is C21H15F3N2O4. The van der Waals surface area contributed by atoms with Crippen molar-refractivity contribution in [2.24, 2.45) is 0 Å². The summed E-state index contributed by atoms with van der Waals surface area (Å²) in [5, 5.41) is 22.0. The minimum atomic E-state index is -4.43. The second-order valence-electron chi connectivity index (χ2n) is 6.74. The minimum absolute atomic E-state index is 0.00498. The zero-order valence-corrected chi connectivity index (χ0v) is 15.4. The van der Waals surface area contributed by atoms with Crippen LogP contribution in [0.2, 0.25) is 0 Å². The van der Waals surface area contributed by atoms with Crippen LogP contribution in [0.1, 0.15) is 11.1 Å². The van der Waals surface area contributed by atoms with Gasteiger partial charge in [-0.05, 0) is 48.5 Å². The first-order chi connectivity index (χ1) is 14.2. The van der Waals surface area contributed by atoms with E-state index in [1.54, 1.807) is 41.1 Å². The van der Waals surface area contributed by atoms with Crippen LogP contribution in [0.25, 0.3) is 16.6 Å². The van der Waals surface area contributed by atoms with Crippen molar-refractivity contribution in [1.29, 1.82) is 0 Å². The number of aromatic nitrogens is 1. The molecule has 154 valence electrons. The number of rotatable bonds is 6. The van der Waals surface area contributed by atoms with Gasteiger partial charge >= 0.3 is 12.1 Å². The molecule has 0 unspecified atom stereocenters. The highest BCUT2D eigenvalue weighted by atomic mass is 19.4. The van der Waals surface area contributed by atoms with Crippen LogP contribution < -0.4 is 4.74 Å². The number of nitrogens with zero attached hydrogens (tertiary/aromatic N) is 2. The standard InChI is InChI=1S/C21H15F3N2O4/c22-21(23,24)15-3-1-13(2-4-15)19-10-16(26(19)29)12-30-17-5-6-18-14(9-17)7-8-25(18)11-20(27)28/h1-10H,11-12H2,(H,27,28). The van der Waals surface area contributed by atoms with Gasteiger partial charge in [-0.15, -0.1) is 0 Å². The second kappa shape index (κ2) is 7.25. The number of hydroxylamine groups is 1. The van der Waals surface area contributed by atoms with E-state index in [4.69, 9.17) is 9.84 Å². The fraction of sp³-hybridized carbons (Fsp3) is 0.143. The van der Waals surface area contributed by atoms with Gasteiger partial charge in [0.15, 0.2) is 6.61 Å². The van der Waals surface area contributed by atoms with Crippen LogP contribution in [-0.4, -0.2) is 32.7 Å². The highest BCUT2D eigenvalue weighted by molar-refractivity contribution is 6.03. The number of carboxylic acids is 1. The number of hydrogen-bond acceptors (Lipinski definition) is 3. The second-order valence-corrected chi connectivity index (χ2v) is 6.74. The van der Waals surface area contributed by atoms with Crippen LogP contribution in [-0.2, 0) is 17.5 Å². The van der Waals surface area contributed by atoms with Gasteiger partial charge < -0.3 is 19.6 Å². The van der Waals surface area contributed by atoms with E-state index in [0.717, 1.165) is 23.0 Å². The number of benzene rings is 2. The molecule has 2 aromatic carbocycles. The van der Waals surface area contributed by atoms with Gasteiger partial charge in [0, 0.05) is 22.7 Å². The third-order valence-electron chi connectivity index (χ3n) is 4.73. The van der Waals surface area contributed by atoms with Crippen molar-refractivity contribution in [3.8, 4) is 5.75 Å². The lowest BCUT2D eigenvalue weighted by molar-refractivity contribution is -0.363. The summed E-state index contributed by atoms with van der Waals surface area (Å²) in [6.45, 7) is -0.154. The molecule has 0 atom stereocenters. The fourth-order valence-corrected chi connectivity index (χ4v) is 3.20. The molecule has 0 saturated carbocycles. The van der Waals surface area contributed by atoms with Gasteiger partial charge in [-0.25, -0.2) is 0 Å². The maximum Gasteiger partial charge on any atom is 0.416 e. The van der Waals surface area contributed by atoms with Crippen LogP contribution in [0, 0.1) is 5.21 Å². The molecule has 9 heteroatoms. The number of carbonyl (C=O) groups is 1. The van der Waals surface area contributed by atoms with E-state index in [1.165, 1.54) is 12.1 Å². The summed E-state index contributed by atoms with van der Waals surface area (Å²) < 4.78 is 45.8. The number of alkyl halides is 3. The van der Waals surface area contributed by atoms with Crippen LogP contribution in [0.3, 0.4) is 0 Å². The average Bonchev–Trinajstić information content (AvgIpc) is 3.08. The van der Waals surface area contributed by atoms with Gasteiger partial charge in [0.25, 0.3) is 0 Å². The molecule has 0 fully saturated rings. The number of fused-ring (bicyclic) bond motifs is 1. The first-order valence-electron chi connectivity index (χ1n) is 8.88. The summed E-state index contributed by atoms with van der Waals surface area (Å²) >= 11 is 0. The Morgan fingerprint density at radius 1 is 1.13 bits per heavy atom. The Hall–Kier alpha value is -3.75. The van der Waals surface area contributed by atoms with Crippen molar-refractivity contribution in [2.75, 3.05) is 6.61 Å². The molecular weight excluding hydrogens is 401 g/mol. The van der Waals surface area contributed by atoms with Gasteiger partial charge in [-0.2, -0.15) is 17.9 Å². The molecule has 0 amide bonds. The van der Waals surface area contributed by atoms with Crippen molar-refractivity contribution < 1.29 is 32.5 Å². The zero-order valence-electron chi connectivity index (χ0n) is 15.4. The molecule has 2 heterocycles. The molecule has 0 aliphatic carbocycles. The van der Waals surface area contributed by atoms with Gasteiger partial charge in [0.05, 0.1) is 11.6 Å². The predicted molar refractivity (Wildman–Crippen MR) is 103 cm³/mol. The Morgan fingerprint density at radius 3 is 2.50 bits per heavy atom. The molecule has 6 nitrogen and oxygen atoms in total. The van der Waals surface area contributed by atoms with Crippen molar-refractivity contribution in [3.05, 3.63) is 77.1 Å².